The number of halogens is 1. The molecule has 1 saturated heterocycles. The van der Waals surface area contributed by atoms with E-state index in [1.54, 1.807) is 0 Å². The van der Waals surface area contributed by atoms with Gasteiger partial charge < -0.3 is 15.4 Å². The van der Waals surface area contributed by atoms with Gasteiger partial charge in [0.15, 0.2) is 0 Å². The lowest BCUT2D eigenvalue weighted by atomic mass is 9.98. The van der Waals surface area contributed by atoms with E-state index in [-0.39, 0.29) is 18.3 Å². The molecule has 0 bridgehead atoms. The number of carbonyl (C=O) groups excluding carboxylic acids is 1. The van der Waals surface area contributed by atoms with Crippen LogP contribution in [0.1, 0.15) is 58.3 Å². The quantitative estimate of drug-likeness (QED) is 0.682. The van der Waals surface area contributed by atoms with Crippen LogP contribution >= 0.6 is 12.4 Å². The predicted octanol–water partition coefficient (Wildman–Crippen LogP) is 2.90. The minimum absolute atomic E-state index is 0. The smallest absolute Gasteiger partial charge is 0.220 e. The Kier molecular flexibility index (Phi) is 10.1. The monoisotopic (exact) mass is 332 g/mol. The van der Waals surface area contributed by atoms with Crippen molar-refractivity contribution in [2.75, 3.05) is 26.2 Å². The van der Waals surface area contributed by atoms with Gasteiger partial charge in [-0.1, -0.05) is 12.8 Å². The molecular formula is C17H33ClN2O2. The molecule has 0 spiro atoms. The lowest BCUT2D eigenvalue weighted by molar-refractivity contribution is -0.121. The highest BCUT2D eigenvalue weighted by Crippen LogP contribution is 2.30. The molecule has 0 aromatic carbocycles. The van der Waals surface area contributed by atoms with Crippen molar-refractivity contribution in [3.05, 3.63) is 0 Å². The summed E-state index contributed by atoms with van der Waals surface area (Å²) in [7, 11) is 0. The van der Waals surface area contributed by atoms with Crippen LogP contribution in [0.4, 0.5) is 0 Å². The molecule has 0 radical (unpaired) electrons. The van der Waals surface area contributed by atoms with Gasteiger partial charge in [0.25, 0.3) is 0 Å². The van der Waals surface area contributed by atoms with E-state index >= 15 is 0 Å². The van der Waals surface area contributed by atoms with Crippen molar-refractivity contribution in [1.82, 2.24) is 10.6 Å². The molecule has 2 rings (SSSR count). The topological polar surface area (TPSA) is 50.4 Å². The molecule has 0 aromatic heterocycles. The summed E-state index contributed by atoms with van der Waals surface area (Å²) in [4.78, 5) is 11.9. The molecule has 1 aliphatic carbocycles. The molecule has 2 unspecified atom stereocenters. The summed E-state index contributed by atoms with van der Waals surface area (Å²) in [5.74, 6) is 1.63. The normalized spacial score (nSPS) is 23.2. The first-order chi connectivity index (χ1) is 10.3. The van der Waals surface area contributed by atoms with Gasteiger partial charge in [0.2, 0.25) is 5.91 Å². The molecule has 1 heterocycles. The Balaban J connectivity index is 0.00000242. The van der Waals surface area contributed by atoms with Gasteiger partial charge in [-0.2, -0.15) is 0 Å². The van der Waals surface area contributed by atoms with Crippen LogP contribution in [0.25, 0.3) is 0 Å². The zero-order valence-corrected chi connectivity index (χ0v) is 14.8. The number of hydrogen-bond acceptors (Lipinski definition) is 3. The maximum Gasteiger partial charge on any atom is 0.220 e. The standard InChI is InChI=1S/C17H32N2O2.ClH/c1-2-21-16(15-5-3-4-6-15)10-12-19-17(20)8-7-14-9-11-18-13-14;/h14-16,18H,2-13H2,1H3,(H,19,20);1H. The zero-order valence-electron chi connectivity index (χ0n) is 13.9. The molecule has 1 amide bonds. The molecule has 1 aliphatic heterocycles. The van der Waals surface area contributed by atoms with E-state index in [0.717, 1.165) is 39.1 Å². The summed E-state index contributed by atoms with van der Waals surface area (Å²) >= 11 is 0. The number of nitrogens with one attached hydrogen (secondary N) is 2. The summed E-state index contributed by atoms with van der Waals surface area (Å²) in [6.07, 6.45) is 9.52. The van der Waals surface area contributed by atoms with E-state index in [9.17, 15) is 4.79 Å². The number of amides is 1. The van der Waals surface area contributed by atoms with Crippen molar-refractivity contribution in [2.24, 2.45) is 11.8 Å². The van der Waals surface area contributed by atoms with Gasteiger partial charge in [0.1, 0.15) is 0 Å². The second kappa shape index (κ2) is 11.3. The fourth-order valence-corrected chi connectivity index (χ4v) is 3.74. The van der Waals surface area contributed by atoms with Crippen LogP contribution in [-0.2, 0) is 9.53 Å². The van der Waals surface area contributed by atoms with Crippen molar-refractivity contribution < 1.29 is 9.53 Å². The summed E-state index contributed by atoms with van der Waals surface area (Å²) in [5, 5.41) is 6.43. The molecule has 2 N–H and O–H groups in total. The molecule has 4 nitrogen and oxygen atoms in total. The van der Waals surface area contributed by atoms with Crippen LogP contribution in [0.2, 0.25) is 0 Å². The number of carbonyl (C=O) groups is 1. The Bertz CT molecular complexity index is 303. The summed E-state index contributed by atoms with van der Waals surface area (Å²) in [5.41, 5.74) is 0. The molecule has 22 heavy (non-hydrogen) atoms. The molecule has 2 atom stereocenters. The van der Waals surface area contributed by atoms with E-state index in [2.05, 4.69) is 17.6 Å². The molecule has 5 heteroatoms. The molecule has 0 aromatic rings. The fourth-order valence-electron chi connectivity index (χ4n) is 3.74. The minimum atomic E-state index is 0. The first-order valence-corrected chi connectivity index (χ1v) is 8.88. The number of hydrogen-bond donors (Lipinski definition) is 2. The zero-order chi connectivity index (χ0) is 14.9. The largest absolute Gasteiger partial charge is 0.378 e. The van der Waals surface area contributed by atoms with Gasteiger partial charge in [-0.15, -0.1) is 12.4 Å². The number of ether oxygens (including phenoxy) is 1. The Morgan fingerprint density at radius 2 is 2.09 bits per heavy atom. The summed E-state index contributed by atoms with van der Waals surface area (Å²) < 4.78 is 5.89. The van der Waals surface area contributed by atoms with Gasteiger partial charge in [0.05, 0.1) is 6.10 Å². The van der Waals surface area contributed by atoms with Crippen LogP contribution in [0, 0.1) is 11.8 Å². The van der Waals surface area contributed by atoms with Crippen LogP contribution in [-0.4, -0.2) is 38.3 Å². The van der Waals surface area contributed by atoms with Gasteiger partial charge in [-0.05, 0) is 64.0 Å². The van der Waals surface area contributed by atoms with Crippen molar-refractivity contribution in [1.29, 1.82) is 0 Å². The van der Waals surface area contributed by atoms with Crippen molar-refractivity contribution in [2.45, 2.75) is 64.4 Å². The third kappa shape index (κ3) is 6.84. The van der Waals surface area contributed by atoms with Gasteiger partial charge in [-0.25, -0.2) is 0 Å². The van der Waals surface area contributed by atoms with Crippen LogP contribution < -0.4 is 10.6 Å². The van der Waals surface area contributed by atoms with E-state index in [4.69, 9.17) is 4.74 Å². The maximum atomic E-state index is 11.9. The van der Waals surface area contributed by atoms with E-state index in [0.29, 0.717) is 24.4 Å². The Morgan fingerprint density at radius 3 is 2.73 bits per heavy atom. The van der Waals surface area contributed by atoms with Gasteiger partial charge in [-0.3, -0.25) is 4.79 Å². The molecule has 2 fully saturated rings. The van der Waals surface area contributed by atoms with E-state index in [1.165, 1.54) is 32.1 Å². The minimum Gasteiger partial charge on any atom is -0.378 e. The van der Waals surface area contributed by atoms with Crippen LogP contribution in [0.15, 0.2) is 0 Å². The van der Waals surface area contributed by atoms with Crippen molar-refractivity contribution >= 4 is 18.3 Å². The molecular weight excluding hydrogens is 300 g/mol. The SMILES string of the molecule is CCOC(CCNC(=O)CCC1CCNC1)C1CCCC1.Cl. The first-order valence-electron chi connectivity index (χ1n) is 8.88. The second-order valence-electron chi connectivity index (χ2n) is 6.57. The lowest BCUT2D eigenvalue weighted by Crippen LogP contribution is -2.31. The highest BCUT2D eigenvalue weighted by molar-refractivity contribution is 5.85. The maximum absolute atomic E-state index is 11.9. The molecule has 1 saturated carbocycles. The highest BCUT2D eigenvalue weighted by Gasteiger charge is 2.25. The van der Waals surface area contributed by atoms with Crippen LogP contribution in [0.3, 0.4) is 0 Å². The lowest BCUT2D eigenvalue weighted by Gasteiger charge is -2.23. The third-order valence-corrected chi connectivity index (χ3v) is 5.00. The summed E-state index contributed by atoms with van der Waals surface area (Å²) in [6, 6.07) is 0. The van der Waals surface area contributed by atoms with E-state index in [1.807, 2.05) is 0 Å². The number of rotatable bonds is 9. The van der Waals surface area contributed by atoms with Crippen LogP contribution in [0.5, 0.6) is 0 Å². The Hall–Kier alpha value is -0.320. The highest BCUT2D eigenvalue weighted by atomic mass is 35.5. The Morgan fingerprint density at radius 1 is 1.32 bits per heavy atom. The van der Waals surface area contributed by atoms with Crippen molar-refractivity contribution in [3.63, 3.8) is 0 Å². The second-order valence-corrected chi connectivity index (χ2v) is 6.57. The fraction of sp³-hybridized carbons (Fsp3) is 0.941. The molecule has 2 aliphatic rings. The third-order valence-electron chi connectivity index (χ3n) is 5.00. The van der Waals surface area contributed by atoms with Crippen molar-refractivity contribution in [3.8, 4) is 0 Å². The van der Waals surface area contributed by atoms with Gasteiger partial charge >= 0.3 is 0 Å². The first kappa shape index (κ1) is 19.7. The average molecular weight is 333 g/mol. The average Bonchev–Trinajstić information content (AvgIpc) is 3.17. The predicted molar refractivity (Wildman–Crippen MR) is 92.5 cm³/mol. The van der Waals surface area contributed by atoms with Gasteiger partial charge in [0, 0.05) is 19.6 Å². The summed E-state index contributed by atoms with van der Waals surface area (Å²) in [6.45, 7) is 5.81. The molecule has 130 valence electrons. The Labute approximate surface area is 141 Å². The van der Waals surface area contributed by atoms with E-state index < -0.39 is 0 Å².